The summed E-state index contributed by atoms with van der Waals surface area (Å²) in [5, 5.41) is 2.93. The minimum atomic E-state index is -4.15. The Labute approximate surface area is 98.1 Å². The van der Waals surface area contributed by atoms with Crippen LogP contribution in [0.4, 0.5) is 11.5 Å². The molecule has 1 heterocycles. The Morgan fingerprint density at radius 3 is 2.35 bits per heavy atom. The highest BCUT2D eigenvalue weighted by Crippen LogP contribution is 2.16. The van der Waals surface area contributed by atoms with Gasteiger partial charge in [-0.2, -0.15) is 8.42 Å². The van der Waals surface area contributed by atoms with Gasteiger partial charge >= 0.3 is 0 Å². The molecule has 0 aliphatic carbocycles. The number of benzene rings is 1. The van der Waals surface area contributed by atoms with Crippen molar-refractivity contribution in [2.24, 2.45) is 0 Å². The molecule has 0 spiro atoms. The van der Waals surface area contributed by atoms with E-state index in [1.54, 1.807) is 6.20 Å². The number of nitrogens with zero attached hydrogens (tertiary/aromatic N) is 2. The molecule has 0 saturated heterocycles. The molecule has 0 fully saturated rings. The predicted octanol–water partition coefficient (Wildman–Crippen LogP) is 1.47. The van der Waals surface area contributed by atoms with Gasteiger partial charge in [0.05, 0.1) is 11.1 Å². The van der Waals surface area contributed by atoms with Crippen molar-refractivity contribution in [3.05, 3.63) is 42.9 Å². The Kier molecular flexibility index (Phi) is 3.03. The summed E-state index contributed by atoms with van der Waals surface area (Å²) in [5.41, 5.74) is 0.651. The summed E-state index contributed by atoms with van der Waals surface area (Å²) in [6.07, 6.45) is 4.62. The van der Waals surface area contributed by atoms with Crippen LogP contribution in [0.15, 0.2) is 47.8 Å². The highest BCUT2D eigenvalue weighted by atomic mass is 32.2. The molecule has 0 atom stereocenters. The maximum Gasteiger partial charge on any atom is 0.294 e. The summed E-state index contributed by atoms with van der Waals surface area (Å²) >= 11 is 0. The van der Waals surface area contributed by atoms with Crippen LogP contribution >= 0.6 is 0 Å². The van der Waals surface area contributed by atoms with E-state index in [2.05, 4.69) is 15.3 Å². The molecule has 0 aliphatic heterocycles. The van der Waals surface area contributed by atoms with Crippen molar-refractivity contribution in [3.63, 3.8) is 0 Å². The van der Waals surface area contributed by atoms with Crippen LogP contribution in [0.1, 0.15) is 0 Å². The second-order valence-corrected chi connectivity index (χ2v) is 4.64. The van der Waals surface area contributed by atoms with E-state index < -0.39 is 10.1 Å². The Bertz CT molecular complexity index is 596. The van der Waals surface area contributed by atoms with Gasteiger partial charge in [-0.05, 0) is 24.3 Å². The van der Waals surface area contributed by atoms with Crippen LogP contribution < -0.4 is 5.32 Å². The van der Waals surface area contributed by atoms with E-state index in [4.69, 9.17) is 4.55 Å². The maximum atomic E-state index is 10.8. The lowest BCUT2D eigenvalue weighted by molar-refractivity contribution is 0.483. The van der Waals surface area contributed by atoms with Crippen molar-refractivity contribution in [2.75, 3.05) is 5.32 Å². The standard InChI is InChI=1S/C10H9N3O3S/c14-17(15,16)9-3-1-8(2-4-9)13-10-7-11-5-6-12-10/h1-7H,(H,12,13)(H,14,15,16). The van der Waals surface area contributed by atoms with Crippen LogP contribution in [0.2, 0.25) is 0 Å². The van der Waals surface area contributed by atoms with Crippen LogP contribution in [0.25, 0.3) is 0 Å². The topological polar surface area (TPSA) is 92.2 Å². The summed E-state index contributed by atoms with van der Waals surface area (Å²) in [5.74, 6) is 0.548. The fourth-order valence-corrected chi connectivity index (χ4v) is 1.70. The zero-order valence-electron chi connectivity index (χ0n) is 8.61. The zero-order valence-corrected chi connectivity index (χ0v) is 9.42. The molecule has 0 bridgehead atoms. The lowest BCUT2D eigenvalue weighted by Gasteiger charge is -2.04. The fraction of sp³-hybridized carbons (Fsp3) is 0. The van der Waals surface area contributed by atoms with E-state index >= 15 is 0 Å². The van der Waals surface area contributed by atoms with Gasteiger partial charge in [0.25, 0.3) is 10.1 Å². The Hall–Kier alpha value is -1.99. The van der Waals surface area contributed by atoms with Crippen LogP contribution in [-0.4, -0.2) is 22.9 Å². The Morgan fingerprint density at radius 2 is 1.82 bits per heavy atom. The number of hydrogen-bond acceptors (Lipinski definition) is 5. The third-order valence-corrected chi connectivity index (χ3v) is 2.86. The van der Waals surface area contributed by atoms with E-state index in [0.29, 0.717) is 11.5 Å². The van der Waals surface area contributed by atoms with Crippen molar-refractivity contribution in [2.45, 2.75) is 4.90 Å². The van der Waals surface area contributed by atoms with Crippen LogP contribution in [-0.2, 0) is 10.1 Å². The van der Waals surface area contributed by atoms with Gasteiger partial charge in [0.2, 0.25) is 0 Å². The van der Waals surface area contributed by atoms with Gasteiger partial charge in [0, 0.05) is 18.1 Å². The molecule has 2 aromatic rings. The molecule has 6 nitrogen and oxygen atoms in total. The summed E-state index contributed by atoms with van der Waals surface area (Å²) in [4.78, 5) is 7.73. The van der Waals surface area contributed by atoms with E-state index in [0.717, 1.165) is 0 Å². The molecule has 1 aromatic carbocycles. The second-order valence-electron chi connectivity index (χ2n) is 3.22. The first kappa shape index (κ1) is 11.5. The number of aromatic nitrogens is 2. The third-order valence-electron chi connectivity index (χ3n) is 1.99. The van der Waals surface area contributed by atoms with E-state index in [9.17, 15) is 8.42 Å². The smallest absolute Gasteiger partial charge is 0.294 e. The van der Waals surface area contributed by atoms with Gasteiger partial charge in [-0.3, -0.25) is 9.54 Å². The highest BCUT2D eigenvalue weighted by molar-refractivity contribution is 7.85. The highest BCUT2D eigenvalue weighted by Gasteiger charge is 2.08. The summed E-state index contributed by atoms with van der Waals surface area (Å²) in [6, 6.07) is 5.65. The molecule has 7 heteroatoms. The summed E-state index contributed by atoms with van der Waals surface area (Å²) < 4.78 is 30.4. The van der Waals surface area contributed by atoms with Crippen LogP contribution in [0, 0.1) is 0 Å². The number of rotatable bonds is 3. The van der Waals surface area contributed by atoms with Crippen molar-refractivity contribution < 1.29 is 13.0 Å². The predicted molar refractivity (Wildman–Crippen MR) is 61.6 cm³/mol. The van der Waals surface area contributed by atoms with Crippen LogP contribution in [0.5, 0.6) is 0 Å². The quantitative estimate of drug-likeness (QED) is 0.802. The van der Waals surface area contributed by atoms with Gasteiger partial charge in [-0.15, -0.1) is 0 Å². The molecule has 0 amide bonds. The average molecular weight is 251 g/mol. The van der Waals surface area contributed by atoms with Crippen molar-refractivity contribution in [1.29, 1.82) is 0 Å². The molecule has 0 radical (unpaired) electrons. The molecule has 0 unspecified atom stereocenters. The lowest BCUT2D eigenvalue weighted by Crippen LogP contribution is -1.98. The van der Waals surface area contributed by atoms with Crippen molar-refractivity contribution in [1.82, 2.24) is 9.97 Å². The molecule has 88 valence electrons. The second kappa shape index (κ2) is 4.48. The minimum Gasteiger partial charge on any atom is -0.339 e. The van der Waals surface area contributed by atoms with Gasteiger partial charge in [-0.25, -0.2) is 4.98 Å². The first-order valence-corrected chi connectivity index (χ1v) is 6.10. The molecular formula is C10H9N3O3S. The van der Waals surface area contributed by atoms with Crippen LogP contribution in [0.3, 0.4) is 0 Å². The zero-order chi connectivity index (χ0) is 12.3. The first-order chi connectivity index (χ1) is 8.05. The third kappa shape index (κ3) is 2.99. The number of anilines is 2. The van der Waals surface area contributed by atoms with Crippen molar-refractivity contribution >= 4 is 21.6 Å². The van der Waals surface area contributed by atoms with Gasteiger partial charge in [0.1, 0.15) is 5.82 Å². The van der Waals surface area contributed by atoms with Gasteiger partial charge in [-0.1, -0.05) is 0 Å². The summed E-state index contributed by atoms with van der Waals surface area (Å²) in [7, 11) is -4.15. The molecule has 17 heavy (non-hydrogen) atoms. The number of hydrogen-bond donors (Lipinski definition) is 2. The summed E-state index contributed by atoms with van der Waals surface area (Å²) in [6.45, 7) is 0. The lowest BCUT2D eigenvalue weighted by atomic mass is 10.3. The van der Waals surface area contributed by atoms with Crippen molar-refractivity contribution in [3.8, 4) is 0 Å². The molecule has 2 rings (SSSR count). The monoisotopic (exact) mass is 251 g/mol. The molecule has 0 saturated carbocycles. The fourth-order valence-electron chi connectivity index (χ4n) is 1.22. The first-order valence-electron chi connectivity index (χ1n) is 4.66. The van der Waals surface area contributed by atoms with E-state index in [1.807, 2.05) is 0 Å². The largest absolute Gasteiger partial charge is 0.339 e. The molecule has 0 aliphatic rings. The molecule has 2 N–H and O–H groups in total. The number of nitrogens with one attached hydrogen (secondary N) is 1. The molecular weight excluding hydrogens is 242 g/mol. The van der Waals surface area contributed by atoms with E-state index in [-0.39, 0.29) is 4.90 Å². The normalized spacial score (nSPS) is 11.1. The Balaban J connectivity index is 2.20. The molecule has 1 aromatic heterocycles. The van der Waals surface area contributed by atoms with Gasteiger partial charge in [0.15, 0.2) is 0 Å². The SMILES string of the molecule is O=S(=O)(O)c1ccc(Nc2cnccn2)cc1. The maximum absolute atomic E-state index is 10.8. The van der Waals surface area contributed by atoms with E-state index in [1.165, 1.54) is 36.7 Å². The average Bonchev–Trinajstić information content (AvgIpc) is 2.30. The van der Waals surface area contributed by atoms with Gasteiger partial charge < -0.3 is 5.32 Å². The minimum absolute atomic E-state index is 0.151. The Morgan fingerprint density at radius 1 is 1.12 bits per heavy atom.